The minimum atomic E-state index is -0.448. The fourth-order valence-corrected chi connectivity index (χ4v) is 2.14. The highest BCUT2D eigenvalue weighted by atomic mass is 79.9. The summed E-state index contributed by atoms with van der Waals surface area (Å²) in [7, 11) is 0. The molecule has 0 bridgehead atoms. The van der Waals surface area contributed by atoms with Gasteiger partial charge >= 0.3 is 0 Å². The highest BCUT2D eigenvalue weighted by Crippen LogP contribution is 2.25. The van der Waals surface area contributed by atoms with Gasteiger partial charge in [-0.3, -0.25) is 10.1 Å². The molecule has 0 N–H and O–H groups in total. The molecule has 0 saturated carbocycles. The van der Waals surface area contributed by atoms with Crippen molar-refractivity contribution < 1.29 is 9.66 Å². The first-order valence-corrected chi connectivity index (χ1v) is 6.54. The molecule has 0 atom stereocenters. The Morgan fingerprint density at radius 3 is 2.74 bits per heavy atom. The van der Waals surface area contributed by atoms with E-state index < -0.39 is 4.92 Å². The number of nitrogens with zero attached hydrogens (tertiary/aromatic N) is 1. The number of rotatable bonds is 4. The van der Waals surface area contributed by atoms with Gasteiger partial charge in [-0.15, -0.1) is 0 Å². The van der Waals surface area contributed by atoms with E-state index in [-0.39, 0.29) is 12.3 Å². The van der Waals surface area contributed by atoms with Crippen LogP contribution < -0.4 is 4.74 Å². The van der Waals surface area contributed by atoms with Crippen LogP contribution in [0.1, 0.15) is 5.56 Å². The van der Waals surface area contributed by atoms with Crippen molar-refractivity contribution in [2.45, 2.75) is 6.61 Å². The van der Waals surface area contributed by atoms with Gasteiger partial charge in [-0.25, -0.2) is 0 Å². The largest absolute Gasteiger partial charge is 0.489 e. The van der Waals surface area contributed by atoms with Crippen molar-refractivity contribution in [1.29, 1.82) is 0 Å². The Bertz CT molecular complexity index is 619. The summed E-state index contributed by atoms with van der Waals surface area (Å²) in [4.78, 5) is 10.4. The number of nitro groups is 1. The van der Waals surface area contributed by atoms with E-state index in [1.165, 1.54) is 18.2 Å². The molecule has 98 valence electrons. The molecule has 0 aliphatic heterocycles. The van der Waals surface area contributed by atoms with Gasteiger partial charge in [-0.2, -0.15) is 0 Å². The minimum Gasteiger partial charge on any atom is -0.489 e. The van der Waals surface area contributed by atoms with Crippen LogP contribution in [-0.2, 0) is 6.61 Å². The summed E-state index contributed by atoms with van der Waals surface area (Å²) in [6.45, 7) is 0.0906. The van der Waals surface area contributed by atoms with E-state index in [9.17, 15) is 10.1 Å². The van der Waals surface area contributed by atoms with Gasteiger partial charge in [0.25, 0.3) is 5.69 Å². The molecule has 0 saturated heterocycles. The zero-order valence-corrected chi connectivity index (χ0v) is 12.0. The molecular weight excluding hydrogens is 334 g/mol. The zero-order valence-electron chi connectivity index (χ0n) is 9.68. The Hall–Kier alpha value is -1.59. The van der Waals surface area contributed by atoms with Crippen LogP contribution in [0.4, 0.5) is 5.69 Å². The lowest BCUT2D eigenvalue weighted by Crippen LogP contribution is -2.00. The molecule has 0 heterocycles. The highest BCUT2D eigenvalue weighted by Gasteiger charge is 2.14. The monoisotopic (exact) mass is 341 g/mol. The first kappa shape index (κ1) is 13.8. The topological polar surface area (TPSA) is 52.4 Å². The molecule has 6 heteroatoms. The van der Waals surface area contributed by atoms with Crippen LogP contribution in [-0.4, -0.2) is 4.92 Å². The van der Waals surface area contributed by atoms with E-state index in [0.29, 0.717) is 16.3 Å². The van der Waals surface area contributed by atoms with Crippen molar-refractivity contribution in [2.24, 2.45) is 0 Å². The quantitative estimate of drug-likeness (QED) is 0.603. The number of halogens is 2. The van der Waals surface area contributed by atoms with Gasteiger partial charge in [0.1, 0.15) is 12.4 Å². The summed E-state index contributed by atoms with van der Waals surface area (Å²) in [5.41, 5.74) is 0.442. The predicted octanol–water partition coefficient (Wildman–Crippen LogP) is 4.59. The first-order chi connectivity index (χ1) is 9.06. The van der Waals surface area contributed by atoms with E-state index in [2.05, 4.69) is 15.9 Å². The van der Waals surface area contributed by atoms with Crippen LogP contribution in [0.2, 0.25) is 5.02 Å². The maximum absolute atomic E-state index is 10.9. The van der Waals surface area contributed by atoms with Gasteiger partial charge in [0.2, 0.25) is 0 Å². The molecule has 0 aliphatic carbocycles. The van der Waals surface area contributed by atoms with Gasteiger partial charge in [0.15, 0.2) is 0 Å². The van der Waals surface area contributed by atoms with E-state index in [4.69, 9.17) is 16.3 Å². The van der Waals surface area contributed by atoms with E-state index >= 15 is 0 Å². The SMILES string of the molecule is O=[N+]([O-])c1ccc(Cl)cc1COc1cccc(Br)c1. The second-order valence-electron chi connectivity index (χ2n) is 3.78. The van der Waals surface area contributed by atoms with Crippen LogP contribution >= 0.6 is 27.5 Å². The number of benzene rings is 2. The van der Waals surface area contributed by atoms with Gasteiger partial charge in [-0.1, -0.05) is 33.6 Å². The average molecular weight is 343 g/mol. The third-order valence-corrected chi connectivity index (χ3v) is 3.16. The molecule has 19 heavy (non-hydrogen) atoms. The summed E-state index contributed by atoms with van der Waals surface area (Å²) in [5.74, 6) is 0.628. The van der Waals surface area contributed by atoms with Crippen molar-refractivity contribution in [1.82, 2.24) is 0 Å². The second kappa shape index (κ2) is 6.04. The molecular formula is C13H9BrClNO3. The molecule has 4 nitrogen and oxygen atoms in total. The summed E-state index contributed by atoms with van der Waals surface area (Å²) < 4.78 is 6.41. The maximum atomic E-state index is 10.9. The Kier molecular flexibility index (Phi) is 4.39. The molecule has 2 aromatic rings. The molecule has 0 radical (unpaired) electrons. The Balaban J connectivity index is 2.19. The summed E-state index contributed by atoms with van der Waals surface area (Å²) >= 11 is 9.17. The number of ether oxygens (including phenoxy) is 1. The molecule has 0 spiro atoms. The van der Waals surface area contributed by atoms with E-state index in [1.54, 1.807) is 12.1 Å². The lowest BCUT2D eigenvalue weighted by Gasteiger charge is -2.07. The van der Waals surface area contributed by atoms with Crippen molar-refractivity contribution >= 4 is 33.2 Å². The van der Waals surface area contributed by atoms with Crippen LogP contribution in [0, 0.1) is 10.1 Å². The van der Waals surface area contributed by atoms with Crippen molar-refractivity contribution in [2.75, 3.05) is 0 Å². The minimum absolute atomic E-state index is 0.000559. The number of hydrogen-bond donors (Lipinski definition) is 0. The van der Waals surface area contributed by atoms with Gasteiger partial charge < -0.3 is 4.74 Å². The van der Waals surface area contributed by atoms with Crippen molar-refractivity contribution in [3.63, 3.8) is 0 Å². The second-order valence-corrected chi connectivity index (χ2v) is 5.13. The Morgan fingerprint density at radius 1 is 1.26 bits per heavy atom. The zero-order chi connectivity index (χ0) is 13.8. The van der Waals surface area contributed by atoms with Crippen LogP contribution in [0.5, 0.6) is 5.75 Å². The molecule has 2 rings (SSSR count). The number of nitro benzene ring substituents is 1. The fraction of sp³-hybridized carbons (Fsp3) is 0.0769. The molecule has 0 unspecified atom stereocenters. The van der Waals surface area contributed by atoms with Gasteiger partial charge in [-0.05, 0) is 30.3 Å². The normalized spacial score (nSPS) is 10.2. The Labute approximate surface area is 123 Å². The van der Waals surface area contributed by atoms with Crippen LogP contribution in [0.3, 0.4) is 0 Å². The maximum Gasteiger partial charge on any atom is 0.276 e. The Morgan fingerprint density at radius 2 is 2.05 bits per heavy atom. The third kappa shape index (κ3) is 3.68. The molecule has 0 amide bonds. The summed E-state index contributed by atoms with van der Waals surface area (Å²) in [6, 6.07) is 11.7. The predicted molar refractivity (Wildman–Crippen MR) is 76.6 cm³/mol. The third-order valence-electron chi connectivity index (χ3n) is 2.43. The molecule has 0 fully saturated rings. The fourth-order valence-electron chi connectivity index (χ4n) is 1.57. The first-order valence-electron chi connectivity index (χ1n) is 5.37. The molecule has 2 aromatic carbocycles. The van der Waals surface area contributed by atoms with Gasteiger partial charge in [0.05, 0.1) is 10.5 Å². The smallest absolute Gasteiger partial charge is 0.276 e. The van der Waals surface area contributed by atoms with Crippen LogP contribution in [0.15, 0.2) is 46.9 Å². The van der Waals surface area contributed by atoms with E-state index in [1.807, 2.05) is 12.1 Å². The lowest BCUT2D eigenvalue weighted by atomic mass is 10.2. The highest BCUT2D eigenvalue weighted by molar-refractivity contribution is 9.10. The average Bonchev–Trinajstić information content (AvgIpc) is 2.36. The van der Waals surface area contributed by atoms with Crippen molar-refractivity contribution in [3.05, 3.63) is 67.6 Å². The standard InChI is InChI=1S/C13H9BrClNO3/c14-10-2-1-3-12(7-10)19-8-9-6-11(15)4-5-13(9)16(17)18/h1-7H,8H2. The summed E-state index contributed by atoms with van der Waals surface area (Å²) in [6.07, 6.45) is 0. The van der Waals surface area contributed by atoms with Gasteiger partial charge in [0, 0.05) is 15.6 Å². The number of hydrogen-bond acceptors (Lipinski definition) is 3. The van der Waals surface area contributed by atoms with Crippen LogP contribution in [0.25, 0.3) is 0 Å². The van der Waals surface area contributed by atoms with E-state index in [0.717, 1.165) is 4.47 Å². The van der Waals surface area contributed by atoms with Crippen molar-refractivity contribution in [3.8, 4) is 5.75 Å². The lowest BCUT2D eigenvalue weighted by molar-refractivity contribution is -0.385. The molecule has 0 aromatic heterocycles. The molecule has 0 aliphatic rings. The summed E-state index contributed by atoms with van der Waals surface area (Å²) in [5, 5.41) is 11.3.